The first-order valence-electron chi connectivity index (χ1n) is 7.33. The third kappa shape index (κ3) is 5.98. The number of hydrogen-bond donors (Lipinski definition) is 1. The molecule has 0 aliphatic heterocycles. The van der Waals surface area contributed by atoms with Crippen molar-refractivity contribution in [2.24, 2.45) is 0 Å². The van der Waals surface area contributed by atoms with Crippen molar-refractivity contribution >= 4 is 29.5 Å². The van der Waals surface area contributed by atoms with E-state index in [1.807, 2.05) is 31.4 Å². The van der Waals surface area contributed by atoms with Crippen molar-refractivity contribution in [3.05, 3.63) is 52.3 Å². The summed E-state index contributed by atoms with van der Waals surface area (Å²) in [6.45, 7) is 1.44. The molecule has 0 aliphatic rings. The van der Waals surface area contributed by atoms with Crippen molar-refractivity contribution in [3.8, 4) is 17.6 Å². The van der Waals surface area contributed by atoms with Crippen LogP contribution in [0.3, 0.4) is 0 Å². The summed E-state index contributed by atoms with van der Waals surface area (Å²) in [6, 6.07) is 6.85. The summed E-state index contributed by atoms with van der Waals surface area (Å²) in [4.78, 5) is 16.0. The van der Waals surface area contributed by atoms with Gasteiger partial charge in [-0.3, -0.25) is 9.29 Å². The number of carboxylic acids is 1. The van der Waals surface area contributed by atoms with E-state index in [0.717, 1.165) is 16.2 Å². The molecular formula is C18H17ClN2O3S. The number of ether oxygens (including phenoxy) is 1. The van der Waals surface area contributed by atoms with Crippen LogP contribution in [0.15, 0.2) is 35.4 Å². The Morgan fingerprint density at radius 3 is 2.72 bits per heavy atom. The smallest absolute Gasteiger partial charge is 0.341 e. The van der Waals surface area contributed by atoms with Gasteiger partial charge in [0.15, 0.2) is 6.61 Å². The molecule has 2 aromatic rings. The van der Waals surface area contributed by atoms with Crippen LogP contribution in [0, 0.1) is 18.8 Å². The average molecular weight is 377 g/mol. The first kappa shape index (κ1) is 19.1. The molecule has 0 spiro atoms. The minimum Gasteiger partial charge on any atom is -0.481 e. The Hall–Kier alpha value is -2.20. The Morgan fingerprint density at radius 2 is 2.04 bits per heavy atom. The lowest BCUT2D eigenvalue weighted by molar-refractivity contribution is -0.139. The van der Waals surface area contributed by atoms with Crippen LogP contribution >= 0.6 is 23.5 Å². The molecule has 2 rings (SSSR count). The standard InChI is InChI=1S/C18H17ClN2O3S/c1-12-13(9-16(10-20-12)25-21(2)3)4-5-14-8-15(19)6-7-17(14)24-11-18(22)23/h6-10H,11H2,1-3H3,(H,22,23). The third-order valence-electron chi connectivity index (χ3n) is 2.97. The topological polar surface area (TPSA) is 62.7 Å². The quantitative estimate of drug-likeness (QED) is 0.636. The minimum atomic E-state index is -1.05. The van der Waals surface area contributed by atoms with Crippen LogP contribution in [-0.2, 0) is 4.79 Å². The first-order valence-corrected chi connectivity index (χ1v) is 8.48. The zero-order valence-electron chi connectivity index (χ0n) is 14.0. The molecule has 1 aromatic carbocycles. The van der Waals surface area contributed by atoms with Crippen molar-refractivity contribution in [2.45, 2.75) is 11.8 Å². The molecule has 130 valence electrons. The van der Waals surface area contributed by atoms with Crippen molar-refractivity contribution in [1.82, 2.24) is 9.29 Å². The monoisotopic (exact) mass is 376 g/mol. The van der Waals surface area contributed by atoms with E-state index in [1.54, 1.807) is 36.3 Å². The van der Waals surface area contributed by atoms with Gasteiger partial charge >= 0.3 is 5.97 Å². The van der Waals surface area contributed by atoms with Crippen LogP contribution in [0.4, 0.5) is 0 Å². The molecule has 0 unspecified atom stereocenters. The molecule has 0 amide bonds. The van der Waals surface area contributed by atoms with Crippen molar-refractivity contribution in [1.29, 1.82) is 0 Å². The van der Waals surface area contributed by atoms with E-state index in [4.69, 9.17) is 21.4 Å². The summed E-state index contributed by atoms with van der Waals surface area (Å²) >= 11 is 7.57. The van der Waals surface area contributed by atoms with Gasteiger partial charge in [0, 0.05) is 21.7 Å². The Bertz CT molecular complexity index is 844. The Kier molecular flexibility index (Phi) is 6.71. The fourth-order valence-corrected chi connectivity index (χ4v) is 2.77. The molecule has 0 saturated carbocycles. The number of nitrogens with zero attached hydrogens (tertiary/aromatic N) is 2. The van der Waals surface area contributed by atoms with Gasteiger partial charge in [-0.05, 0) is 57.2 Å². The summed E-state index contributed by atoms with van der Waals surface area (Å²) < 4.78 is 7.23. The number of aromatic nitrogens is 1. The highest BCUT2D eigenvalue weighted by Gasteiger charge is 2.06. The van der Waals surface area contributed by atoms with Crippen molar-refractivity contribution in [3.63, 3.8) is 0 Å². The van der Waals surface area contributed by atoms with Gasteiger partial charge < -0.3 is 9.84 Å². The van der Waals surface area contributed by atoms with Crippen LogP contribution in [-0.4, -0.2) is 41.1 Å². The van der Waals surface area contributed by atoms with Crippen molar-refractivity contribution < 1.29 is 14.6 Å². The van der Waals surface area contributed by atoms with Gasteiger partial charge in [0.1, 0.15) is 5.75 Å². The van der Waals surface area contributed by atoms with Gasteiger partial charge in [0.25, 0.3) is 0 Å². The normalized spacial score (nSPS) is 10.3. The molecule has 1 heterocycles. The van der Waals surface area contributed by atoms with Crippen LogP contribution in [0.25, 0.3) is 0 Å². The van der Waals surface area contributed by atoms with E-state index in [2.05, 4.69) is 16.8 Å². The van der Waals surface area contributed by atoms with Gasteiger partial charge in [0.05, 0.1) is 11.3 Å². The van der Waals surface area contributed by atoms with E-state index < -0.39 is 12.6 Å². The zero-order valence-corrected chi connectivity index (χ0v) is 15.6. The maximum Gasteiger partial charge on any atom is 0.341 e. The number of benzene rings is 1. The number of aliphatic carboxylic acids is 1. The van der Waals surface area contributed by atoms with Crippen LogP contribution in [0.5, 0.6) is 5.75 Å². The molecule has 0 saturated heterocycles. The van der Waals surface area contributed by atoms with E-state index >= 15 is 0 Å². The highest BCUT2D eigenvalue weighted by atomic mass is 35.5. The summed E-state index contributed by atoms with van der Waals surface area (Å²) in [5.74, 6) is 5.39. The van der Waals surface area contributed by atoms with Crippen LogP contribution in [0.2, 0.25) is 5.02 Å². The lowest BCUT2D eigenvalue weighted by Gasteiger charge is -2.09. The van der Waals surface area contributed by atoms with Gasteiger partial charge in [-0.15, -0.1) is 0 Å². The Balaban J connectivity index is 2.34. The molecule has 0 fully saturated rings. The fourth-order valence-electron chi connectivity index (χ4n) is 1.90. The van der Waals surface area contributed by atoms with E-state index in [-0.39, 0.29) is 0 Å². The molecule has 7 heteroatoms. The van der Waals surface area contributed by atoms with Crippen molar-refractivity contribution in [2.75, 3.05) is 20.7 Å². The molecule has 0 bridgehead atoms. The number of carboxylic acid groups (broad SMARTS) is 1. The maximum absolute atomic E-state index is 10.7. The molecule has 0 aliphatic carbocycles. The molecule has 5 nitrogen and oxygen atoms in total. The third-order valence-corrected chi connectivity index (χ3v) is 4.01. The molecule has 1 aromatic heterocycles. The summed E-state index contributed by atoms with van der Waals surface area (Å²) in [7, 11) is 3.90. The fraction of sp³-hybridized carbons (Fsp3) is 0.222. The number of halogens is 1. The largest absolute Gasteiger partial charge is 0.481 e. The second kappa shape index (κ2) is 8.77. The number of aryl methyl sites for hydroxylation is 1. The summed E-state index contributed by atoms with van der Waals surface area (Å²) in [6.07, 6.45) is 1.80. The molecule has 1 N–H and O–H groups in total. The summed E-state index contributed by atoms with van der Waals surface area (Å²) in [5.41, 5.74) is 2.13. The predicted octanol–water partition coefficient (Wildman–Crippen LogP) is 3.48. The predicted molar refractivity (Wildman–Crippen MR) is 99.1 cm³/mol. The lowest BCUT2D eigenvalue weighted by atomic mass is 10.1. The van der Waals surface area contributed by atoms with E-state index in [9.17, 15) is 4.79 Å². The van der Waals surface area contributed by atoms with E-state index in [1.165, 1.54) is 0 Å². The molecule has 25 heavy (non-hydrogen) atoms. The SMILES string of the molecule is Cc1ncc(SN(C)C)cc1C#Cc1cc(Cl)ccc1OCC(=O)O. The second-order valence-electron chi connectivity index (χ2n) is 5.28. The van der Waals surface area contributed by atoms with Gasteiger partial charge in [-0.1, -0.05) is 23.4 Å². The van der Waals surface area contributed by atoms with Crippen LogP contribution in [0.1, 0.15) is 16.8 Å². The van der Waals surface area contributed by atoms with Gasteiger partial charge in [0.2, 0.25) is 0 Å². The van der Waals surface area contributed by atoms with E-state index in [0.29, 0.717) is 16.3 Å². The number of pyridine rings is 1. The highest BCUT2D eigenvalue weighted by Crippen LogP contribution is 2.23. The minimum absolute atomic E-state index is 0.378. The Morgan fingerprint density at radius 1 is 1.32 bits per heavy atom. The zero-order chi connectivity index (χ0) is 18.4. The molecule has 0 radical (unpaired) electrons. The lowest BCUT2D eigenvalue weighted by Crippen LogP contribution is -2.10. The highest BCUT2D eigenvalue weighted by molar-refractivity contribution is 7.97. The van der Waals surface area contributed by atoms with Crippen LogP contribution < -0.4 is 4.74 Å². The molecular weight excluding hydrogens is 360 g/mol. The second-order valence-corrected chi connectivity index (χ2v) is 7.10. The maximum atomic E-state index is 10.7. The number of rotatable bonds is 5. The molecule has 0 atom stereocenters. The van der Waals surface area contributed by atoms with Gasteiger partial charge in [-0.2, -0.15) is 0 Å². The summed E-state index contributed by atoms with van der Waals surface area (Å²) in [5, 5.41) is 9.26. The average Bonchev–Trinajstić information content (AvgIpc) is 2.53. The number of carbonyl (C=O) groups is 1. The Labute approximate surface area is 156 Å². The number of hydrogen-bond acceptors (Lipinski definition) is 5. The first-order chi connectivity index (χ1) is 11.8. The van der Waals surface area contributed by atoms with Gasteiger partial charge in [-0.25, -0.2) is 4.79 Å².